The number of carbonyl (C=O) groups excluding carboxylic acids is 1. The molecular weight excluding hydrogens is 308 g/mol. The number of amides is 1. The molecule has 3 heterocycles. The summed E-state index contributed by atoms with van der Waals surface area (Å²) in [5, 5.41) is 7.81. The Hall–Kier alpha value is -2.32. The second-order valence-corrected chi connectivity index (χ2v) is 5.47. The molecule has 124 valence electrons. The van der Waals surface area contributed by atoms with Crippen molar-refractivity contribution in [3.8, 4) is 0 Å². The summed E-state index contributed by atoms with van der Waals surface area (Å²) in [4.78, 5) is 17.7. The summed E-state index contributed by atoms with van der Waals surface area (Å²) in [6.07, 6.45) is 1.64. The van der Waals surface area contributed by atoms with Gasteiger partial charge in [0.05, 0.1) is 6.54 Å². The molecule has 1 saturated heterocycles. The molecule has 1 unspecified atom stereocenters. The highest BCUT2D eigenvalue weighted by Crippen LogP contribution is 2.41. The van der Waals surface area contributed by atoms with Crippen LogP contribution in [0.3, 0.4) is 0 Å². The van der Waals surface area contributed by atoms with E-state index in [1.54, 1.807) is 10.9 Å². The van der Waals surface area contributed by atoms with Crippen LogP contribution in [0.25, 0.3) is 0 Å². The Morgan fingerprint density at radius 2 is 2.26 bits per heavy atom. The van der Waals surface area contributed by atoms with E-state index in [4.69, 9.17) is 4.52 Å². The molecule has 9 heteroatoms. The summed E-state index contributed by atoms with van der Waals surface area (Å²) in [6, 6.07) is 0.585. The zero-order chi connectivity index (χ0) is 16.6. The Morgan fingerprint density at radius 3 is 2.87 bits per heavy atom. The summed E-state index contributed by atoms with van der Waals surface area (Å²) in [6.45, 7) is 3.62. The highest BCUT2D eigenvalue weighted by molar-refractivity contribution is 5.92. The van der Waals surface area contributed by atoms with Gasteiger partial charge in [-0.15, -0.1) is 0 Å². The molecule has 0 radical (unpaired) electrons. The van der Waals surface area contributed by atoms with E-state index in [9.17, 15) is 13.6 Å². The number of nitrogens with zero attached hydrogens (tertiary/aromatic N) is 5. The van der Waals surface area contributed by atoms with Gasteiger partial charge in [0.1, 0.15) is 11.7 Å². The number of carbonyl (C=O) groups is 1. The molecule has 3 rings (SSSR count). The van der Waals surface area contributed by atoms with Gasteiger partial charge >= 0.3 is 0 Å². The fourth-order valence-corrected chi connectivity index (χ4v) is 2.60. The lowest BCUT2D eigenvalue weighted by atomic mass is 10.2. The summed E-state index contributed by atoms with van der Waals surface area (Å²) in [5.74, 6) is -3.08. The lowest BCUT2D eigenvalue weighted by molar-refractivity contribution is 0.0116. The number of aryl methyl sites for hydroxylation is 2. The predicted molar refractivity (Wildman–Crippen MR) is 74.9 cm³/mol. The van der Waals surface area contributed by atoms with Crippen LogP contribution < -0.4 is 0 Å². The van der Waals surface area contributed by atoms with Crippen LogP contribution in [0, 0.1) is 0 Å². The summed E-state index contributed by atoms with van der Waals surface area (Å²) in [5.41, 5.74) is 0.129. The molecule has 0 spiro atoms. The van der Waals surface area contributed by atoms with Crippen molar-refractivity contribution in [2.24, 2.45) is 0 Å². The van der Waals surface area contributed by atoms with Gasteiger partial charge in [-0.1, -0.05) is 12.1 Å². The third-order valence-corrected chi connectivity index (χ3v) is 3.80. The van der Waals surface area contributed by atoms with Crippen molar-refractivity contribution in [2.45, 2.75) is 45.2 Å². The van der Waals surface area contributed by atoms with Gasteiger partial charge in [-0.25, -0.2) is 8.78 Å². The van der Waals surface area contributed by atoms with Crippen LogP contribution in [-0.2, 0) is 13.0 Å². The van der Waals surface area contributed by atoms with Crippen LogP contribution in [0.1, 0.15) is 48.5 Å². The number of rotatable bonds is 4. The molecule has 1 aliphatic heterocycles. The second-order valence-electron chi connectivity index (χ2n) is 5.47. The van der Waals surface area contributed by atoms with Gasteiger partial charge in [0.2, 0.25) is 5.89 Å². The maximum absolute atomic E-state index is 13.9. The Morgan fingerprint density at radius 1 is 1.48 bits per heavy atom. The molecule has 0 saturated carbocycles. The van der Waals surface area contributed by atoms with E-state index in [2.05, 4.69) is 15.2 Å². The molecule has 0 aliphatic carbocycles. The fourth-order valence-electron chi connectivity index (χ4n) is 2.60. The van der Waals surface area contributed by atoms with Crippen molar-refractivity contribution >= 4 is 5.91 Å². The lowest BCUT2D eigenvalue weighted by Crippen LogP contribution is -2.33. The van der Waals surface area contributed by atoms with Crippen LogP contribution in [0.15, 0.2) is 16.8 Å². The molecule has 1 amide bonds. The standard InChI is InChI=1S/C14H17F2N5O2/c1-3-11-17-12(23-19-11)10-7-14(15,16)8-21(10)13(22)9-5-6-20(4-2)18-9/h5-6,10H,3-4,7-8H2,1-2H3. The van der Waals surface area contributed by atoms with Gasteiger partial charge in [0, 0.05) is 25.6 Å². The number of alkyl halides is 2. The molecule has 0 N–H and O–H groups in total. The molecule has 7 nitrogen and oxygen atoms in total. The Kier molecular flexibility index (Phi) is 3.87. The first-order chi connectivity index (χ1) is 10.9. The number of hydrogen-bond acceptors (Lipinski definition) is 5. The largest absolute Gasteiger partial charge is 0.337 e. The second kappa shape index (κ2) is 5.71. The summed E-state index contributed by atoms with van der Waals surface area (Å²) < 4.78 is 34.3. The highest BCUT2D eigenvalue weighted by Gasteiger charge is 2.50. The van der Waals surface area contributed by atoms with Gasteiger partial charge in [0.15, 0.2) is 5.82 Å². The van der Waals surface area contributed by atoms with E-state index < -0.39 is 30.8 Å². The van der Waals surface area contributed by atoms with Crippen LogP contribution in [0.5, 0.6) is 0 Å². The number of halogens is 2. The van der Waals surface area contributed by atoms with Gasteiger partial charge in [-0.2, -0.15) is 10.1 Å². The van der Waals surface area contributed by atoms with Crippen LogP contribution in [0.2, 0.25) is 0 Å². The van der Waals surface area contributed by atoms with E-state index in [1.807, 2.05) is 13.8 Å². The van der Waals surface area contributed by atoms with Gasteiger partial charge < -0.3 is 9.42 Å². The third-order valence-electron chi connectivity index (χ3n) is 3.80. The molecule has 2 aromatic rings. The zero-order valence-electron chi connectivity index (χ0n) is 12.9. The predicted octanol–water partition coefficient (Wildman–Crippen LogP) is 2.07. The first-order valence-electron chi connectivity index (χ1n) is 7.48. The van der Waals surface area contributed by atoms with Gasteiger partial charge in [-0.3, -0.25) is 9.48 Å². The van der Waals surface area contributed by atoms with Gasteiger partial charge in [-0.05, 0) is 13.0 Å². The van der Waals surface area contributed by atoms with E-state index in [-0.39, 0.29) is 11.6 Å². The third kappa shape index (κ3) is 2.95. The average Bonchev–Trinajstić information content (AvgIpc) is 3.23. The van der Waals surface area contributed by atoms with Crippen molar-refractivity contribution in [3.63, 3.8) is 0 Å². The van der Waals surface area contributed by atoms with E-state index in [1.165, 1.54) is 6.07 Å². The average molecular weight is 325 g/mol. The SMILES string of the molecule is CCc1noc(C2CC(F)(F)CN2C(=O)c2ccn(CC)n2)n1. The molecule has 1 atom stereocenters. The summed E-state index contributed by atoms with van der Waals surface area (Å²) >= 11 is 0. The first-order valence-corrected chi connectivity index (χ1v) is 7.48. The monoisotopic (exact) mass is 325 g/mol. The van der Waals surface area contributed by atoms with Gasteiger partial charge in [0.25, 0.3) is 11.8 Å². The number of likely N-dealkylation sites (tertiary alicyclic amines) is 1. The highest BCUT2D eigenvalue weighted by atomic mass is 19.3. The molecular formula is C14H17F2N5O2. The molecule has 2 aromatic heterocycles. The Balaban J connectivity index is 1.89. The summed E-state index contributed by atoms with van der Waals surface area (Å²) in [7, 11) is 0. The van der Waals surface area contributed by atoms with E-state index in [0.717, 1.165) is 4.90 Å². The zero-order valence-corrected chi connectivity index (χ0v) is 12.9. The Bertz CT molecular complexity index is 712. The number of hydrogen-bond donors (Lipinski definition) is 0. The first kappa shape index (κ1) is 15.6. The maximum Gasteiger partial charge on any atom is 0.275 e. The molecule has 23 heavy (non-hydrogen) atoms. The Labute approximate surface area is 131 Å². The number of aromatic nitrogens is 4. The molecule has 1 aliphatic rings. The quantitative estimate of drug-likeness (QED) is 0.860. The minimum atomic E-state index is -2.99. The molecule has 1 fully saturated rings. The maximum atomic E-state index is 13.9. The van der Waals surface area contributed by atoms with Crippen molar-refractivity contribution in [1.82, 2.24) is 24.8 Å². The van der Waals surface area contributed by atoms with Crippen molar-refractivity contribution < 1.29 is 18.1 Å². The smallest absolute Gasteiger partial charge is 0.275 e. The minimum absolute atomic E-state index is 0.0438. The lowest BCUT2D eigenvalue weighted by Gasteiger charge is -2.19. The van der Waals surface area contributed by atoms with Crippen molar-refractivity contribution in [3.05, 3.63) is 29.7 Å². The normalized spacial score (nSPS) is 20.2. The topological polar surface area (TPSA) is 77.0 Å². The molecule has 0 bridgehead atoms. The minimum Gasteiger partial charge on any atom is -0.337 e. The van der Waals surface area contributed by atoms with Crippen LogP contribution in [-0.4, -0.2) is 43.2 Å². The van der Waals surface area contributed by atoms with Crippen LogP contribution >= 0.6 is 0 Å². The van der Waals surface area contributed by atoms with Crippen molar-refractivity contribution in [1.29, 1.82) is 0 Å². The van der Waals surface area contributed by atoms with Crippen molar-refractivity contribution in [2.75, 3.05) is 6.54 Å². The molecule has 0 aromatic carbocycles. The van der Waals surface area contributed by atoms with Crippen LogP contribution in [0.4, 0.5) is 8.78 Å². The fraction of sp³-hybridized carbons (Fsp3) is 0.571. The van der Waals surface area contributed by atoms with E-state index in [0.29, 0.717) is 18.8 Å². The van der Waals surface area contributed by atoms with E-state index >= 15 is 0 Å².